The molecule has 1 amide bonds. The summed E-state index contributed by atoms with van der Waals surface area (Å²) >= 11 is 0. The van der Waals surface area contributed by atoms with E-state index in [0.29, 0.717) is 24.5 Å². The molecule has 164 valence electrons. The lowest BCUT2D eigenvalue weighted by atomic mass is 10.1. The van der Waals surface area contributed by atoms with Gasteiger partial charge in [0, 0.05) is 37.3 Å². The van der Waals surface area contributed by atoms with Gasteiger partial charge in [0.05, 0.1) is 14.2 Å². The Bertz CT molecular complexity index is 1010. The van der Waals surface area contributed by atoms with Crippen molar-refractivity contribution in [3.8, 4) is 11.5 Å². The van der Waals surface area contributed by atoms with Crippen LogP contribution in [0, 0.1) is 6.92 Å². The molecule has 6 nitrogen and oxygen atoms in total. The minimum Gasteiger partial charge on any atom is -0.497 e. The van der Waals surface area contributed by atoms with Crippen LogP contribution in [0.3, 0.4) is 0 Å². The van der Waals surface area contributed by atoms with E-state index in [1.54, 1.807) is 20.3 Å². The molecule has 3 aromatic rings. The van der Waals surface area contributed by atoms with Gasteiger partial charge in [-0.3, -0.25) is 4.79 Å². The second kappa shape index (κ2) is 10.6. The number of carbonyl (C=O) groups is 1. The molecule has 3 rings (SSSR count). The van der Waals surface area contributed by atoms with Crippen molar-refractivity contribution in [3.63, 3.8) is 0 Å². The van der Waals surface area contributed by atoms with Crippen LogP contribution in [-0.4, -0.2) is 39.8 Å². The average Bonchev–Trinajstić information content (AvgIpc) is 3.25. The van der Waals surface area contributed by atoms with E-state index >= 15 is 0 Å². The van der Waals surface area contributed by atoms with Crippen LogP contribution in [0.2, 0.25) is 0 Å². The Morgan fingerprint density at radius 2 is 1.90 bits per heavy atom. The number of rotatable bonds is 10. The fraction of sp³-hybridized carbons (Fsp3) is 0.320. The van der Waals surface area contributed by atoms with Gasteiger partial charge in [-0.25, -0.2) is 0 Å². The zero-order valence-corrected chi connectivity index (χ0v) is 18.6. The van der Waals surface area contributed by atoms with Crippen molar-refractivity contribution in [1.82, 2.24) is 5.32 Å². The van der Waals surface area contributed by atoms with E-state index < -0.39 is 0 Å². The van der Waals surface area contributed by atoms with Gasteiger partial charge in [-0.05, 0) is 61.9 Å². The SMILES string of the molecule is CCN(CCNC(=O)c1ccc(Cc2cc(OC)ccc2OC)o1)c1cccc(C)c1. The second-order valence-corrected chi connectivity index (χ2v) is 7.30. The second-order valence-electron chi connectivity index (χ2n) is 7.30. The number of hydrogen-bond donors (Lipinski definition) is 1. The summed E-state index contributed by atoms with van der Waals surface area (Å²) in [4.78, 5) is 14.8. The first-order valence-corrected chi connectivity index (χ1v) is 10.4. The molecule has 0 saturated heterocycles. The van der Waals surface area contributed by atoms with Crippen molar-refractivity contribution in [3.05, 3.63) is 77.2 Å². The molecular formula is C25H30N2O4. The maximum atomic E-state index is 12.5. The molecule has 0 aliphatic carbocycles. The highest BCUT2D eigenvalue weighted by Crippen LogP contribution is 2.27. The number of amides is 1. The highest BCUT2D eigenvalue weighted by molar-refractivity contribution is 5.91. The number of ether oxygens (including phenoxy) is 2. The van der Waals surface area contributed by atoms with Crippen LogP contribution < -0.4 is 19.7 Å². The summed E-state index contributed by atoms with van der Waals surface area (Å²) in [5.74, 6) is 2.26. The topological polar surface area (TPSA) is 63.9 Å². The summed E-state index contributed by atoms with van der Waals surface area (Å²) in [7, 11) is 3.25. The molecule has 0 spiro atoms. The molecule has 2 aromatic carbocycles. The summed E-state index contributed by atoms with van der Waals surface area (Å²) in [5.41, 5.74) is 3.31. The molecule has 0 aliphatic heterocycles. The van der Waals surface area contributed by atoms with Crippen LogP contribution in [0.1, 0.15) is 34.4 Å². The van der Waals surface area contributed by atoms with Crippen molar-refractivity contribution in [1.29, 1.82) is 0 Å². The third-order valence-corrected chi connectivity index (χ3v) is 5.15. The minimum absolute atomic E-state index is 0.218. The molecule has 0 atom stereocenters. The number of furan rings is 1. The van der Waals surface area contributed by atoms with Crippen molar-refractivity contribution < 1.29 is 18.7 Å². The van der Waals surface area contributed by atoms with E-state index in [2.05, 4.69) is 42.3 Å². The molecule has 1 heterocycles. The van der Waals surface area contributed by atoms with Crippen LogP contribution >= 0.6 is 0 Å². The lowest BCUT2D eigenvalue weighted by Crippen LogP contribution is -2.34. The first-order valence-electron chi connectivity index (χ1n) is 10.4. The van der Waals surface area contributed by atoms with Crippen LogP contribution in [0.15, 0.2) is 59.0 Å². The van der Waals surface area contributed by atoms with Gasteiger partial charge in [0.1, 0.15) is 17.3 Å². The third-order valence-electron chi connectivity index (χ3n) is 5.15. The highest BCUT2D eigenvalue weighted by atomic mass is 16.5. The molecule has 1 N–H and O–H groups in total. The number of benzene rings is 2. The van der Waals surface area contributed by atoms with Crippen LogP contribution in [0.4, 0.5) is 5.69 Å². The van der Waals surface area contributed by atoms with Gasteiger partial charge in [0.15, 0.2) is 5.76 Å². The molecule has 0 saturated carbocycles. The van der Waals surface area contributed by atoms with Gasteiger partial charge in [0.25, 0.3) is 5.91 Å². The predicted molar refractivity (Wildman–Crippen MR) is 122 cm³/mol. The molecule has 0 unspecified atom stereocenters. The van der Waals surface area contributed by atoms with Gasteiger partial charge >= 0.3 is 0 Å². The number of likely N-dealkylation sites (N-methyl/N-ethyl adjacent to an activating group) is 1. The van der Waals surface area contributed by atoms with Crippen LogP contribution in [-0.2, 0) is 6.42 Å². The maximum Gasteiger partial charge on any atom is 0.287 e. The fourth-order valence-corrected chi connectivity index (χ4v) is 3.49. The quantitative estimate of drug-likeness (QED) is 0.523. The molecule has 1 aromatic heterocycles. The minimum atomic E-state index is -0.218. The molecule has 0 aliphatic rings. The molecule has 0 radical (unpaired) electrons. The molecule has 0 fully saturated rings. The number of carbonyl (C=O) groups excluding carboxylic acids is 1. The predicted octanol–water partition coefficient (Wildman–Crippen LogP) is 4.45. The zero-order valence-electron chi connectivity index (χ0n) is 18.6. The maximum absolute atomic E-state index is 12.5. The smallest absolute Gasteiger partial charge is 0.287 e. The van der Waals surface area contributed by atoms with E-state index in [0.717, 1.165) is 35.8 Å². The molecular weight excluding hydrogens is 392 g/mol. The van der Waals surface area contributed by atoms with E-state index in [9.17, 15) is 4.79 Å². The first kappa shape index (κ1) is 22.3. The Morgan fingerprint density at radius 3 is 2.61 bits per heavy atom. The number of aryl methyl sites for hydroxylation is 1. The summed E-state index contributed by atoms with van der Waals surface area (Å²) < 4.78 is 16.5. The number of nitrogens with zero attached hydrogens (tertiary/aromatic N) is 1. The lowest BCUT2D eigenvalue weighted by molar-refractivity contribution is 0.0925. The summed E-state index contributed by atoms with van der Waals surface area (Å²) in [5, 5.41) is 2.95. The summed E-state index contributed by atoms with van der Waals surface area (Å²) in [6.45, 7) is 6.30. The average molecular weight is 423 g/mol. The monoisotopic (exact) mass is 422 g/mol. The lowest BCUT2D eigenvalue weighted by Gasteiger charge is -2.23. The number of anilines is 1. The Labute approximate surface area is 183 Å². The fourth-order valence-electron chi connectivity index (χ4n) is 3.49. The van der Waals surface area contributed by atoms with Gasteiger partial charge in [0.2, 0.25) is 0 Å². The highest BCUT2D eigenvalue weighted by Gasteiger charge is 2.14. The Morgan fingerprint density at radius 1 is 1.06 bits per heavy atom. The van der Waals surface area contributed by atoms with Gasteiger partial charge in [-0.2, -0.15) is 0 Å². The van der Waals surface area contributed by atoms with E-state index in [1.165, 1.54) is 5.56 Å². The van der Waals surface area contributed by atoms with E-state index in [-0.39, 0.29) is 5.91 Å². The standard InChI is InChI=1S/C25H30N2O4/c1-5-27(20-8-6-7-18(2)15-20)14-13-26-25(28)24-12-10-22(31-24)17-19-16-21(29-3)9-11-23(19)30-4/h6-12,15-16H,5,13-14,17H2,1-4H3,(H,26,28). The molecule has 31 heavy (non-hydrogen) atoms. The van der Waals surface area contributed by atoms with Crippen molar-refractivity contribution in [2.75, 3.05) is 38.8 Å². The Balaban J connectivity index is 1.58. The third kappa shape index (κ3) is 5.81. The van der Waals surface area contributed by atoms with Crippen molar-refractivity contribution in [2.45, 2.75) is 20.3 Å². The largest absolute Gasteiger partial charge is 0.497 e. The van der Waals surface area contributed by atoms with Gasteiger partial charge in [-0.1, -0.05) is 12.1 Å². The van der Waals surface area contributed by atoms with E-state index in [4.69, 9.17) is 13.9 Å². The molecule has 0 bridgehead atoms. The normalized spacial score (nSPS) is 10.6. The van der Waals surface area contributed by atoms with Gasteiger partial charge < -0.3 is 24.1 Å². The molecule has 6 heteroatoms. The Kier molecular flexibility index (Phi) is 7.60. The van der Waals surface area contributed by atoms with Crippen LogP contribution in [0.25, 0.3) is 0 Å². The zero-order chi connectivity index (χ0) is 22.2. The Hall–Kier alpha value is -3.41. The van der Waals surface area contributed by atoms with Crippen LogP contribution in [0.5, 0.6) is 11.5 Å². The van der Waals surface area contributed by atoms with E-state index in [1.807, 2.05) is 30.3 Å². The number of hydrogen-bond acceptors (Lipinski definition) is 5. The first-order chi connectivity index (χ1) is 15.0. The number of methoxy groups -OCH3 is 2. The van der Waals surface area contributed by atoms with Gasteiger partial charge in [-0.15, -0.1) is 0 Å². The summed E-state index contributed by atoms with van der Waals surface area (Å²) in [6.07, 6.45) is 0.505. The van der Waals surface area contributed by atoms with Crippen molar-refractivity contribution >= 4 is 11.6 Å². The summed E-state index contributed by atoms with van der Waals surface area (Å²) in [6, 6.07) is 17.5. The number of nitrogens with one attached hydrogen (secondary N) is 1. The van der Waals surface area contributed by atoms with Crippen molar-refractivity contribution in [2.24, 2.45) is 0 Å².